The van der Waals surface area contributed by atoms with Crippen molar-refractivity contribution in [2.75, 3.05) is 18.9 Å². The maximum atomic E-state index is 12.0. The van der Waals surface area contributed by atoms with E-state index in [4.69, 9.17) is 4.74 Å². The fraction of sp³-hybridized carbons (Fsp3) is 0.588. The van der Waals surface area contributed by atoms with Gasteiger partial charge in [0.05, 0.1) is 5.69 Å². The quantitative estimate of drug-likeness (QED) is 0.685. The first-order chi connectivity index (χ1) is 11.4. The number of sulfonamides is 1. The highest BCUT2D eigenvalue weighted by Gasteiger charge is 2.24. The minimum Gasteiger partial charge on any atom is -0.444 e. The van der Waals surface area contributed by atoms with E-state index >= 15 is 0 Å². The largest absolute Gasteiger partial charge is 0.444 e. The molecule has 0 heterocycles. The van der Waals surface area contributed by atoms with Crippen LogP contribution in [0.25, 0.3) is 0 Å². The van der Waals surface area contributed by atoms with Crippen molar-refractivity contribution in [2.24, 2.45) is 0 Å². The lowest BCUT2D eigenvalue weighted by atomic mass is 10.0. The third-order valence-electron chi connectivity index (χ3n) is 3.35. The summed E-state index contributed by atoms with van der Waals surface area (Å²) in [7, 11) is -2.16. The molecule has 25 heavy (non-hydrogen) atoms. The van der Waals surface area contributed by atoms with Gasteiger partial charge >= 0.3 is 6.09 Å². The standard InChI is InChI=1S/C17H29N3O4S/c1-16(2,3)24-15(21)20-17(4,5)11-12-19-13-9-7-8-10-14(13)25(22,23)18-6/h7-10,18-19H,11-12H2,1-6H3,(H,20,21). The second-order valence-corrected chi connectivity index (χ2v) is 9.25. The van der Waals surface area contributed by atoms with Gasteiger partial charge in [-0.1, -0.05) is 12.1 Å². The lowest BCUT2D eigenvalue weighted by Gasteiger charge is -2.29. The van der Waals surface area contributed by atoms with Crippen LogP contribution in [0, 0.1) is 0 Å². The third-order valence-corrected chi connectivity index (χ3v) is 4.82. The number of alkyl carbamates (subject to hydrolysis) is 1. The number of para-hydroxylation sites is 1. The maximum absolute atomic E-state index is 12.0. The lowest BCUT2D eigenvalue weighted by molar-refractivity contribution is 0.0470. The van der Waals surface area contributed by atoms with E-state index in [0.717, 1.165) is 0 Å². The van der Waals surface area contributed by atoms with Crippen molar-refractivity contribution in [2.45, 2.75) is 57.1 Å². The number of rotatable bonds is 7. The smallest absolute Gasteiger partial charge is 0.408 e. The monoisotopic (exact) mass is 371 g/mol. The van der Waals surface area contributed by atoms with Crippen molar-refractivity contribution in [1.82, 2.24) is 10.0 Å². The summed E-state index contributed by atoms with van der Waals surface area (Å²) in [6.45, 7) is 9.67. The molecule has 1 rings (SSSR count). The molecule has 0 aromatic heterocycles. The molecule has 1 aromatic carbocycles. The van der Waals surface area contributed by atoms with Crippen LogP contribution in [0.5, 0.6) is 0 Å². The van der Waals surface area contributed by atoms with Gasteiger partial charge in [-0.25, -0.2) is 17.9 Å². The van der Waals surface area contributed by atoms with Crippen molar-refractivity contribution < 1.29 is 17.9 Å². The zero-order valence-corrected chi connectivity index (χ0v) is 16.6. The second kappa shape index (κ2) is 8.05. The van der Waals surface area contributed by atoms with Crippen molar-refractivity contribution in [1.29, 1.82) is 0 Å². The highest BCUT2D eigenvalue weighted by atomic mass is 32.2. The Morgan fingerprint density at radius 1 is 1.12 bits per heavy atom. The van der Waals surface area contributed by atoms with Crippen LogP contribution in [-0.2, 0) is 14.8 Å². The van der Waals surface area contributed by atoms with E-state index in [9.17, 15) is 13.2 Å². The number of benzene rings is 1. The normalized spacial score (nSPS) is 12.6. The minimum absolute atomic E-state index is 0.190. The molecule has 0 saturated carbocycles. The molecule has 1 aromatic rings. The SMILES string of the molecule is CNS(=O)(=O)c1ccccc1NCCC(C)(C)NC(=O)OC(C)(C)C. The number of amides is 1. The van der Waals surface area contributed by atoms with Crippen LogP contribution in [0.1, 0.15) is 41.0 Å². The molecule has 0 radical (unpaired) electrons. The third kappa shape index (κ3) is 7.31. The molecule has 142 valence electrons. The Labute approximate surface area is 150 Å². The van der Waals surface area contributed by atoms with E-state index in [2.05, 4.69) is 15.4 Å². The number of carbonyl (C=O) groups is 1. The zero-order valence-electron chi connectivity index (χ0n) is 15.8. The fourth-order valence-electron chi connectivity index (χ4n) is 2.11. The second-order valence-electron chi connectivity index (χ2n) is 7.39. The molecule has 0 bridgehead atoms. The lowest BCUT2D eigenvalue weighted by Crippen LogP contribution is -2.46. The average molecular weight is 372 g/mol. The highest BCUT2D eigenvalue weighted by Crippen LogP contribution is 2.21. The van der Waals surface area contributed by atoms with Gasteiger partial charge in [0, 0.05) is 12.1 Å². The number of carbonyl (C=O) groups excluding carboxylic acids is 1. The van der Waals surface area contributed by atoms with E-state index in [0.29, 0.717) is 18.7 Å². The van der Waals surface area contributed by atoms with E-state index in [1.165, 1.54) is 13.1 Å². The first-order valence-corrected chi connectivity index (χ1v) is 9.62. The molecule has 1 amide bonds. The van der Waals surface area contributed by atoms with Gasteiger partial charge in [0.15, 0.2) is 0 Å². The van der Waals surface area contributed by atoms with Crippen LogP contribution < -0.4 is 15.4 Å². The van der Waals surface area contributed by atoms with Crippen molar-refractivity contribution in [3.63, 3.8) is 0 Å². The minimum atomic E-state index is -3.54. The molecular weight excluding hydrogens is 342 g/mol. The fourth-order valence-corrected chi connectivity index (χ4v) is 3.02. The predicted molar refractivity (Wildman–Crippen MR) is 99.2 cm³/mol. The van der Waals surface area contributed by atoms with Gasteiger partial charge in [-0.3, -0.25) is 0 Å². The van der Waals surface area contributed by atoms with Gasteiger partial charge in [-0.15, -0.1) is 0 Å². The summed E-state index contributed by atoms with van der Waals surface area (Å²) in [6.07, 6.45) is 0.107. The molecule has 0 unspecified atom stereocenters. The molecule has 0 aliphatic heterocycles. The van der Waals surface area contributed by atoms with Crippen molar-refractivity contribution in [3.05, 3.63) is 24.3 Å². The van der Waals surface area contributed by atoms with Crippen LogP contribution in [0.3, 0.4) is 0 Å². The summed E-state index contributed by atoms with van der Waals surface area (Å²) < 4.78 is 31.6. The first kappa shape index (κ1) is 21.2. The molecule has 0 fully saturated rings. The number of anilines is 1. The van der Waals surface area contributed by atoms with Crippen molar-refractivity contribution in [3.8, 4) is 0 Å². The summed E-state index contributed by atoms with van der Waals surface area (Å²) in [6, 6.07) is 6.68. The summed E-state index contributed by atoms with van der Waals surface area (Å²) in [5.74, 6) is 0. The Morgan fingerprint density at radius 2 is 1.72 bits per heavy atom. The van der Waals surface area contributed by atoms with E-state index < -0.39 is 27.3 Å². The molecule has 0 aliphatic carbocycles. The molecule has 0 saturated heterocycles. The Bertz CT molecular complexity index is 694. The Balaban J connectivity index is 2.67. The number of ether oxygens (including phenoxy) is 1. The van der Waals surface area contributed by atoms with Gasteiger partial charge in [0.1, 0.15) is 10.5 Å². The van der Waals surface area contributed by atoms with Gasteiger partial charge in [0.2, 0.25) is 10.0 Å². The molecule has 3 N–H and O–H groups in total. The van der Waals surface area contributed by atoms with Gasteiger partial charge < -0.3 is 15.4 Å². The van der Waals surface area contributed by atoms with Crippen molar-refractivity contribution >= 4 is 21.8 Å². The predicted octanol–water partition coefficient (Wildman–Crippen LogP) is 2.70. The summed E-state index contributed by atoms with van der Waals surface area (Å²) in [5.41, 5.74) is -0.546. The Hall–Kier alpha value is -1.80. The van der Waals surface area contributed by atoms with Crippen LogP contribution in [0.2, 0.25) is 0 Å². The number of hydrogen-bond donors (Lipinski definition) is 3. The summed E-state index contributed by atoms with van der Waals surface area (Å²) in [5, 5.41) is 5.94. The first-order valence-electron chi connectivity index (χ1n) is 8.14. The Morgan fingerprint density at radius 3 is 2.28 bits per heavy atom. The molecule has 7 nitrogen and oxygen atoms in total. The number of nitrogens with one attached hydrogen (secondary N) is 3. The van der Waals surface area contributed by atoms with Gasteiger partial charge in [0.25, 0.3) is 0 Å². The van der Waals surface area contributed by atoms with Gasteiger partial charge in [-0.2, -0.15) is 0 Å². The zero-order chi connectivity index (χ0) is 19.3. The topological polar surface area (TPSA) is 96.5 Å². The molecular formula is C17H29N3O4S. The van der Waals surface area contributed by atoms with Crippen LogP contribution >= 0.6 is 0 Å². The molecule has 0 atom stereocenters. The van der Waals surface area contributed by atoms with Crippen LogP contribution in [0.15, 0.2) is 29.2 Å². The van der Waals surface area contributed by atoms with Crippen LogP contribution in [-0.4, -0.2) is 39.2 Å². The molecule has 0 aliphatic rings. The molecule has 0 spiro atoms. The maximum Gasteiger partial charge on any atom is 0.408 e. The Kier molecular flexibility index (Phi) is 6.84. The number of hydrogen-bond acceptors (Lipinski definition) is 5. The van der Waals surface area contributed by atoms with Crippen LogP contribution in [0.4, 0.5) is 10.5 Å². The van der Waals surface area contributed by atoms with E-state index in [1.54, 1.807) is 39.0 Å². The summed E-state index contributed by atoms with van der Waals surface area (Å²) in [4.78, 5) is 12.1. The van der Waals surface area contributed by atoms with E-state index in [1.807, 2.05) is 13.8 Å². The molecule has 8 heteroatoms. The summed E-state index contributed by atoms with van der Waals surface area (Å²) >= 11 is 0. The highest BCUT2D eigenvalue weighted by molar-refractivity contribution is 7.89. The van der Waals surface area contributed by atoms with Gasteiger partial charge in [-0.05, 0) is 60.2 Å². The van der Waals surface area contributed by atoms with E-state index in [-0.39, 0.29) is 4.90 Å². The average Bonchev–Trinajstić information content (AvgIpc) is 2.44.